The minimum atomic E-state index is -1.57. The molecular formula is C19H18ClN3O4. The molecule has 0 aliphatic carbocycles. The van der Waals surface area contributed by atoms with Crippen LogP contribution >= 0.6 is 11.6 Å². The smallest absolute Gasteiger partial charge is 0.219 e. The highest BCUT2D eigenvalue weighted by atomic mass is 35.5. The summed E-state index contributed by atoms with van der Waals surface area (Å²) in [5, 5.41) is 29.5. The van der Waals surface area contributed by atoms with Crippen LogP contribution in [-0.2, 0) is 0 Å². The second-order valence-corrected chi connectivity index (χ2v) is 6.25. The first-order valence-electron chi connectivity index (χ1n) is 8.10. The first-order chi connectivity index (χ1) is 12.9. The van der Waals surface area contributed by atoms with Crippen molar-refractivity contribution < 1.29 is 20.1 Å². The van der Waals surface area contributed by atoms with E-state index in [-0.39, 0.29) is 5.69 Å². The lowest BCUT2D eigenvalue weighted by Gasteiger charge is -2.20. The number of ether oxygens (including phenoxy) is 1. The molecule has 0 radical (unpaired) electrons. The highest BCUT2D eigenvalue weighted by molar-refractivity contribution is 6.30. The molecule has 2 heterocycles. The van der Waals surface area contributed by atoms with Crippen LogP contribution in [0.1, 0.15) is 11.8 Å². The van der Waals surface area contributed by atoms with E-state index in [1.54, 1.807) is 54.6 Å². The van der Waals surface area contributed by atoms with Crippen LogP contribution in [0.2, 0.25) is 5.02 Å². The van der Waals surface area contributed by atoms with E-state index < -0.39 is 18.4 Å². The standard InChI is InChI=1S/C19H18ClN3O4/c20-12-6-9-16(22-10-12)27-13-7-4-11(5-8-13)14-2-1-3-15(23-14)17(24)18(25)19(21)26/h1-10,17-19,24-26H,21H2. The summed E-state index contributed by atoms with van der Waals surface area (Å²) in [5.74, 6) is 1.01. The number of rotatable bonds is 6. The molecule has 3 unspecified atom stereocenters. The van der Waals surface area contributed by atoms with Gasteiger partial charge in [-0.15, -0.1) is 0 Å². The summed E-state index contributed by atoms with van der Waals surface area (Å²) in [5.41, 5.74) is 6.77. The molecule has 5 N–H and O–H groups in total. The van der Waals surface area contributed by atoms with E-state index >= 15 is 0 Å². The Morgan fingerprint density at radius 2 is 1.70 bits per heavy atom. The zero-order valence-electron chi connectivity index (χ0n) is 14.1. The Labute approximate surface area is 160 Å². The minimum absolute atomic E-state index is 0.204. The van der Waals surface area contributed by atoms with E-state index in [9.17, 15) is 15.3 Å². The maximum atomic E-state index is 10.1. The Kier molecular flexibility index (Phi) is 6.00. The lowest BCUT2D eigenvalue weighted by Crippen LogP contribution is -2.38. The molecule has 140 valence electrons. The molecule has 8 heteroatoms. The van der Waals surface area contributed by atoms with E-state index in [4.69, 9.17) is 22.1 Å². The van der Waals surface area contributed by atoms with E-state index in [2.05, 4.69) is 9.97 Å². The van der Waals surface area contributed by atoms with Gasteiger partial charge < -0.3 is 25.8 Å². The quantitative estimate of drug-likeness (QED) is 0.478. The second-order valence-electron chi connectivity index (χ2n) is 5.81. The molecule has 0 aliphatic rings. The number of hydrogen-bond donors (Lipinski definition) is 4. The first kappa shape index (κ1) is 19.2. The summed E-state index contributed by atoms with van der Waals surface area (Å²) in [4.78, 5) is 8.39. The molecule has 3 aromatic rings. The molecule has 0 saturated heterocycles. The van der Waals surface area contributed by atoms with Gasteiger partial charge in [0.05, 0.1) is 16.4 Å². The fourth-order valence-electron chi connectivity index (χ4n) is 2.38. The van der Waals surface area contributed by atoms with Crippen molar-refractivity contribution in [1.29, 1.82) is 0 Å². The van der Waals surface area contributed by atoms with Gasteiger partial charge in [-0.1, -0.05) is 17.7 Å². The van der Waals surface area contributed by atoms with Crippen molar-refractivity contribution in [3.8, 4) is 22.9 Å². The fraction of sp³-hybridized carbons (Fsp3) is 0.158. The predicted octanol–water partition coefficient (Wildman–Crippen LogP) is 2.26. The number of pyridine rings is 2. The van der Waals surface area contributed by atoms with Crippen LogP contribution in [0.15, 0.2) is 60.8 Å². The molecule has 0 spiro atoms. The fourth-order valence-corrected chi connectivity index (χ4v) is 2.49. The van der Waals surface area contributed by atoms with E-state index in [0.29, 0.717) is 22.3 Å². The van der Waals surface area contributed by atoms with Crippen LogP contribution in [0.4, 0.5) is 0 Å². The van der Waals surface area contributed by atoms with Gasteiger partial charge in [0, 0.05) is 17.8 Å². The Morgan fingerprint density at radius 1 is 0.963 bits per heavy atom. The first-order valence-corrected chi connectivity index (χ1v) is 8.48. The van der Waals surface area contributed by atoms with Gasteiger partial charge in [0.2, 0.25) is 5.88 Å². The molecular weight excluding hydrogens is 370 g/mol. The second kappa shape index (κ2) is 8.43. The van der Waals surface area contributed by atoms with Crippen molar-refractivity contribution in [1.82, 2.24) is 9.97 Å². The number of aliphatic hydroxyl groups excluding tert-OH is 3. The molecule has 0 fully saturated rings. The molecule has 0 saturated carbocycles. The van der Waals surface area contributed by atoms with Crippen LogP contribution in [0.3, 0.4) is 0 Å². The van der Waals surface area contributed by atoms with Gasteiger partial charge in [-0.05, 0) is 42.5 Å². The molecule has 0 amide bonds. The molecule has 1 aromatic carbocycles. The molecule has 2 aromatic heterocycles. The van der Waals surface area contributed by atoms with Gasteiger partial charge >= 0.3 is 0 Å². The number of nitrogens with zero attached hydrogens (tertiary/aromatic N) is 2. The normalized spacial score (nSPS) is 14.4. The third-order valence-corrected chi connectivity index (χ3v) is 4.04. The third-order valence-electron chi connectivity index (χ3n) is 3.82. The summed E-state index contributed by atoms with van der Waals surface area (Å²) in [6.45, 7) is 0. The molecule has 7 nitrogen and oxygen atoms in total. The van der Waals surface area contributed by atoms with Crippen molar-refractivity contribution in [2.45, 2.75) is 18.4 Å². The van der Waals surface area contributed by atoms with E-state index in [1.807, 2.05) is 0 Å². The number of aliphatic hydroxyl groups is 3. The number of hydrogen-bond acceptors (Lipinski definition) is 7. The Hall–Kier alpha value is -2.55. The van der Waals surface area contributed by atoms with Crippen LogP contribution in [0.5, 0.6) is 11.6 Å². The number of nitrogens with two attached hydrogens (primary N) is 1. The summed E-state index contributed by atoms with van der Waals surface area (Å²) in [6.07, 6.45) is -3.00. The van der Waals surface area contributed by atoms with Crippen molar-refractivity contribution in [2.75, 3.05) is 0 Å². The summed E-state index contributed by atoms with van der Waals surface area (Å²) in [6, 6.07) is 15.5. The molecule has 27 heavy (non-hydrogen) atoms. The number of aromatic nitrogens is 2. The lowest BCUT2D eigenvalue weighted by molar-refractivity contribution is -0.0593. The van der Waals surface area contributed by atoms with Gasteiger partial charge in [-0.25, -0.2) is 9.97 Å². The van der Waals surface area contributed by atoms with Crippen LogP contribution in [0.25, 0.3) is 11.3 Å². The predicted molar refractivity (Wildman–Crippen MR) is 100 cm³/mol. The Balaban J connectivity index is 1.77. The lowest BCUT2D eigenvalue weighted by atomic mass is 10.1. The summed E-state index contributed by atoms with van der Waals surface area (Å²) in [7, 11) is 0. The van der Waals surface area contributed by atoms with Gasteiger partial charge in [-0.2, -0.15) is 0 Å². The van der Waals surface area contributed by atoms with Gasteiger partial charge in [0.15, 0.2) is 0 Å². The summed E-state index contributed by atoms with van der Waals surface area (Å²) < 4.78 is 5.64. The molecule has 0 bridgehead atoms. The summed E-state index contributed by atoms with van der Waals surface area (Å²) >= 11 is 5.80. The number of halogens is 1. The monoisotopic (exact) mass is 387 g/mol. The van der Waals surface area contributed by atoms with E-state index in [1.165, 1.54) is 6.20 Å². The minimum Gasteiger partial charge on any atom is -0.439 e. The third kappa shape index (κ3) is 4.79. The van der Waals surface area contributed by atoms with Gasteiger partial charge in [0.1, 0.15) is 24.2 Å². The maximum absolute atomic E-state index is 10.1. The topological polar surface area (TPSA) is 122 Å². The Bertz CT molecular complexity index is 888. The number of benzene rings is 1. The van der Waals surface area contributed by atoms with Crippen molar-refractivity contribution >= 4 is 11.6 Å². The average molecular weight is 388 g/mol. The maximum Gasteiger partial charge on any atom is 0.219 e. The molecule has 0 aliphatic heterocycles. The SMILES string of the molecule is NC(O)C(O)C(O)c1cccc(-c2ccc(Oc3ccc(Cl)cn3)cc2)n1. The zero-order chi connectivity index (χ0) is 19.4. The van der Waals surface area contributed by atoms with Crippen LogP contribution < -0.4 is 10.5 Å². The van der Waals surface area contributed by atoms with Crippen molar-refractivity contribution in [2.24, 2.45) is 5.73 Å². The van der Waals surface area contributed by atoms with Crippen molar-refractivity contribution in [3.05, 3.63) is 71.5 Å². The highest BCUT2D eigenvalue weighted by Gasteiger charge is 2.24. The van der Waals surface area contributed by atoms with Gasteiger partial charge in [-0.3, -0.25) is 0 Å². The highest BCUT2D eigenvalue weighted by Crippen LogP contribution is 2.26. The Morgan fingerprint density at radius 3 is 2.33 bits per heavy atom. The van der Waals surface area contributed by atoms with Crippen LogP contribution in [-0.4, -0.2) is 37.6 Å². The van der Waals surface area contributed by atoms with E-state index in [0.717, 1.165) is 5.56 Å². The largest absolute Gasteiger partial charge is 0.439 e. The van der Waals surface area contributed by atoms with Gasteiger partial charge in [0.25, 0.3) is 0 Å². The zero-order valence-corrected chi connectivity index (χ0v) is 14.9. The van der Waals surface area contributed by atoms with Crippen LogP contribution in [0, 0.1) is 0 Å². The molecule has 3 rings (SSSR count). The van der Waals surface area contributed by atoms with Crippen molar-refractivity contribution in [3.63, 3.8) is 0 Å². The average Bonchev–Trinajstić information content (AvgIpc) is 2.69. The molecule has 3 atom stereocenters.